The average Bonchev–Trinajstić information content (AvgIpc) is 3.02. The highest BCUT2D eigenvalue weighted by molar-refractivity contribution is 7.89. The van der Waals surface area contributed by atoms with Gasteiger partial charge in [0.15, 0.2) is 0 Å². The third kappa shape index (κ3) is 4.01. The van der Waals surface area contributed by atoms with Crippen LogP contribution in [-0.2, 0) is 32.5 Å². The van der Waals surface area contributed by atoms with Crippen molar-refractivity contribution in [1.82, 2.24) is 19.4 Å². The van der Waals surface area contributed by atoms with Gasteiger partial charge in [-0.25, -0.2) is 8.42 Å². The van der Waals surface area contributed by atoms with E-state index in [1.165, 1.54) is 20.1 Å². The number of nitrogens with zero attached hydrogens (tertiary/aromatic N) is 3. The second kappa shape index (κ2) is 8.49. The van der Waals surface area contributed by atoms with Crippen molar-refractivity contribution in [2.24, 2.45) is 0 Å². The van der Waals surface area contributed by atoms with Crippen molar-refractivity contribution >= 4 is 15.9 Å². The van der Waals surface area contributed by atoms with Crippen LogP contribution in [0.3, 0.4) is 0 Å². The second-order valence-electron chi connectivity index (χ2n) is 7.89. The fourth-order valence-electron chi connectivity index (χ4n) is 4.40. The fourth-order valence-corrected chi connectivity index (χ4v) is 6.18. The van der Waals surface area contributed by atoms with Crippen molar-refractivity contribution < 1.29 is 17.9 Å². The van der Waals surface area contributed by atoms with E-state index in [-0.39, 0.29) is 23.4 Å². The van der Waals surface area contributed by atoms with Crippen molar-refractivity contribution in [3.05, 3.63) is 46.8 Å². The van der Waals surface area contributed by atoms with Crippen LogP contribution in [0.5, 0.6) is 0 Å². The van der Waals surface area contributed by atoms with Gasteiger partial charge in [-0.2, -0.15) is 9.40 Å². The molecule has 1 atom stereocenters. The summed E-state index contributed by atoms with van der Waals surface area (Å²) in [6.07, 6.45) is 2.96. The predicted octanol–water partition coefficient (Wildman–Crippen LogP) is 1.71. The second-order valence-corrected chi connectivity index (χ2v) is 9.76. The molecule has 162 valence electrons. The van der Waals surface area contributed by atoms with E-state index in [4.69, 9.17) is 4.74 Å². The average molecular weight is 433 g/mol. The van der Waals surface area contributed by atoms with E-state index in [0.717, 1.165) is 19.3 Å². The monoisotopic (exact) mass is 432 g/mol. The molecule has 9 heteroatoms. The van der Waals surface area contributed by atoms with Crippen molar-refractivity contribution in [3.8, 4) is 0 Å². The lowest BCUT2D eigenvalue weighted by molar-refractivity contribution is -0.122. The molecule has 2 heterocycles. The summed E-state index contributed by atoms with van der Waals surface area (Å²) in [4.78, 5) is 13.0. The maximum atomic E-state index is 13.1. The zero-order valence-corrected chi connectivity index (χ0v) is 18.2. The minimum atomic E-state index is -3.67. The van der Waals surface area contributed by atoms with E-state index in [1.54, 1.807) is 13.8 Å². The Morgan fingerprint density at radius 3 is 2.73 bits per heavy atom. The summed E-state index contributed by atoms with van der Waals surface area (Å²) in [7, 11) is -3.67. The Bertz CT molecular complexity index is 1040. The molecule has 30 heavy (non-hydrogen) atoms. The molecular weight excluding hydrogens is 404 g/mol. The molecular formula is C21H28N4O4S. The molecule has 4 rings (SSSR count). The molecule has 2 aromatic rings. The molecule has 0 spiro atoms. The first-order valence-electron chi connectivity index (χ1n) is 10.4. The van der Waals surface area contributed by atoms with E-state index < -0.39 is 10.0 Å². The van der Waals surface area contributed by atoms with E-state index in [0.29, 0.717) is 37.7 Å². The minimum Gasteiger partial charge on any atom is -0.379 e. The smallest absolute Gasteiger partial charge is 0.246 e. The largest absolute Gasteiger partial charge is 0.379 e. The van der Waals surface area contributed by atoms with Gasteiger partial charge < -0.3 is 10.1 Å². The Hall–Kier alpha value is -2.23. The van der Waals surface area contributed by atoms with Crippen LogP contribution >= 0.6 is 0 Å². The molecule has 0 bridgehead atoms. The van der Waals surface area contributed by atoms with Gasteiger partial charge in [-0.3, -0.25) is 9.48 Å². The van der Waals surface area contributed by atoms with E-state index in [2.05, 4.69) is 22.5 Å². The van der Waals surface area contributed by atoms with Crippen LogP contribution in [0.4, 0.5) is 0 Å². The zero-order valence-electron chi connectivity index (χ0n) is 17.4. The molecule has 1 amide bonds. The fraction of sp³-hybridized carbons (Fsp3) is 0.524. The Morgan fingerprint density at radius 1 is 1.23 bits per heavy atom. The Morgan fingerprint density at radius 2 is 1.97 bits per heavy atom. The molecule has 1 aromatic carbocycles. The van der Waals surface area contributed by atoms with Gasteiger partial charge in [-0.1, -0.05) is 24.3 Å². The highest BCUT2D eigenvalue weighted by Gasteiger charge is 2.32. The highest BCUT2D eigenvalue weighted by Crippen LogP contribution is 2.29. The van der Waals surface area contributed by atoms with E-state index in [1.807, 2.05) is 12.1 Å². The van der Waals surface area contributed by atoms with Crippen LogP contribution in [0.15, 0.2) is 29.2 Å². The molecule has 1 saturated heterocycles. The van der Waals surface area contributed by atoms with Crippen LogP contribution < -0.4 is 5.32 Å². The first-order chi connectivity index (χ1) is 14.4. The van der Waals surface area contributed by atoms with Gasteiger partial charge in [-0.05, 0) is 44.2 Å². The number of rotatable bonds is 5. The Labute approximate surface area is 177 Å². The highest BCUT2D eigenvalue weighted by atomic mass is 32.2. The van der Waals surface area contributed by atoms with Gasteiger partial charge in [0.25, 0.3) is 0 Å². The number of hydrogen-bond donors (Lipinski definition) is 1. The first-order valence-corrected chi connectivity index (χ1v) is 11.8. The normalized spacial score (nSPS) is 20.0. The summed E-state index contributed by atoms with van der Waals surface area (Å²) in [6.45, 7) is 4.79. The van der Waals surface area contributed by atoms with Gasteiger partial charge in [0, 0.05) is 13.1 Å². The lowest BCUT2D eigenvalue weighted by Crippen LogP contribution is -2.41. The molecule has 1 aromatic heterocycles. The van der Waals surface area contributed by atoms with Crippen LogP contribution in [-0.4, -0.2) is 54.7 Å². The third-order valence-corrected chi connectivity index (χ3v) is 8.03. The SMILES string of the molecule is Cc1nn(CC(=O)N[C@H]2CCCc3ccccc32)c(C)c1S(=O)(=O)N1CCOCC1. The summed E-state index contributed by atoms with van der Waals surface area (Å²) in [5.41, 5.74) is 3.34. The Kier molecular flexibility index (Phi) is 5.95. The number of hydrogen-bond acceptors (Lipinski definition) is 5. The Balaban J connectivity index is 1.51. The summed E-state index contributed by atoms with van der Waals surface area (Å²) >= 11 is 0. The summed E-state index contributed by atoms with van der Waals surface area (Å²) in [5, 5.41) is 7.47. The van der Waals surface area contributed by atoms with Gasteiger partial charge >= 0.3 is 0 Å². The number of sulfonamides is 1. The van der Waals surface area contributed by atoms with Gasteiger partial charge in [0.1, 0.15) is 11.4 Å². The number of carbonyl (C=O) groups is 1. The number of amides is 1. The molecule has 1 fully saturated rings. The molecule has 0 radical (unpaired) electrons. The molecule has 1 aliphatic heterocycles. The summed E-state index contributed by atoms with van der Waals surface area (Å²) in [5.74, 6) is -0.169. The van der Waals surface area contributed by atoms with Gasteiger partial charge in [-0.15, -0.1) is 0 Å². The maximum absolute atomic E-state index is 13.1. The number of nitrogens with one attached hydrogen (secondary N) is 1. The summed E-state index contributed by atoms with van der Waals surface area (Å²) in [6, 6.07) is 8.17. The number of morpholine rings is 1. The minimum absolute atomic E-state index is 0.00995. The van der Waals surface area contributed by atoms with E-state index in [9.17, 15) is 13.2 Å². The number of benzene rings is 1. The van der Waals surface area contributed by atoms with Crippen LogP contribution in [0, 0.1) is 13.8 Å². The quantitative estimate of drug-likeness (QED) is 0.776. The molecule has 0 unspecified atom stereocenters. The van der Waals surface area contributed by atoms with Crippen molar-refractivity contribution in [3.63, 3.8) is 0 Å². The molecule has 8 nitrogen and oxygen atoms in total. The molecule has 1 aliphatic carbocycles. The third-order valence-electron chi connectivity index (χ3n) is 5.88. The van der Waals surface area contributed by atoms with Crippen LogP contribution in [0.1, 0.15) is 41.4 Å². The number of fused-ring (bicyclic) bond motifs is 1. The molecule has 2 aliphatic rings. The molecule has 1 N–H and O–H groups in total. The maximum Gasteiger partial charge on any atom is 0.246 e. The standard InChI is InChI=1S/C21H28N4O4S/c1-15-21(30(27,28)24-10-12-29-13-11-24)16(2)25(23-15)14-20(26)22-19-9-5-7-17-6-3-4-8-18(17)19/h3-4,6,8,19H,5,7,9-14H2,1-2H3,(H,22,26)/t19-/m0/s1. The number of aryl methyl sites for hydroxylation is 2. The number of carbonyl (C=O) groups excluding carboxylic acids is 1. The number of ether oxygens (including phenoxy) is 1. The van der Waals surface area contributed by atoms with Crippen LogP contribution in [0.25, 0.3) is 0 Å². The molecule has 0 saturated carbocycles. The lowest BCUT2D eigenvalue weighted by atomic mass is 9.88. The first kappa shape index (κ1) is 21.0. The van der Waals surface area contributed by atoms with Crippen molar-refractivity contribution in [2.45, 2.75) is 50.6 Å². The summed E-state index contributed by atoms with van der Waals surface area (Å²) < 4.78 is 34.4. The predicted molar refractivity (Wildman–Crippen MR) is 112 cm³/mol. The zero-order chi connectivity index (χ0) is 21.3. The van der Waals surface area contributed by atoms with Gasteiger partial charge in [0.05, 0.1) is 30.6 Å². The van der Waals surface area contributed by atoms with E-state index >= 15 is 0 Å². The van der Waals surface area contributed by atoms with Crippen molar-refractivity contribution in [1.29, 1.82) is 0 Å². The van der Waals surface area contributed by atoms with Crippen molar-refractivity contribution in [2.75, 3.05) is 26.3 Å². The number of aromatic nitrogens is 2. The van der Waals surface area contributed by atoms with Gasteiger partial charge in [0.2, 0.25) is 15.9 Å². The lowest BCUT2D eigenvalue weighted by Gasteiger charge is -2.26. The topological polar surface area (TPSA) is 93.5 Å². The van der Waals surface area contributed by atoms with Crippen LogP contribution in [0.2, 0.25) is 0 Å².